The molecule has 9 heteroatoms. The number of carbonyl (C=O) groups is 1. The summed E-state index contributed by atoms with van der Waals surface area (Å²) in [6.45, 7) is 2.67. The van der Waals surface area contributed by atoms with Gasteiger partial charge in [0.05, 0.1) is 19.1 Å². The molecule has 0 unspecified atom stereocenters. The van der Waals surface area contributed by atoms with Crippen molar-refractivity contribution in [2.45, 2.75) is 19.5 Å². The molecule has 3 rings (SSSR count). The van der Waals surface area contributed by atoms with Crippen molar-refractivity contribution < 1.29 is 27.4 Å². The third-order valence-electron chi connectivity index (χ3n) is 4.82. The number of ether oxygens (including phenoxy) is 3. The molecule has 1 amide bonds. The highest BCUT2D eigenvalue weighted by Crippen LogP contribution is 2.35. The number of sulfonamides is 1. The summed E-state index contributed by atoms with van der Waals surface area (Å²) >= 11 is 0. The van der Waals surface area contributed by atoms with Crippen LogP contribution in [0.25, 0.3) is 0 Å². The predicted octanol–water partition coefficient (Wildman–Crippen LogP) is 2.28. The number of amides is 1. The first-order valence-corrected chi connectivity index (χ1v) is 11.3. The SMILES string of the molecule is COc1ccccc1CN(C)C(=O)[C@@H](C)N(c1ccc2c(c1)OCCO2)S(C)(=O)=O. The van der Waals surface area contributed by atoms with E-state index in [9.17, 15) is 13.2 Å². The zero-order chi connectivity index (χ0) is 21.9. The Bertz CT molecular complexity index is 1020. The highest BCUT2D eigenvalue weighted by molar-refractivity contribution is 7.92. The van der Waals surface area contributed by atoms with E-state index in [1.807, 2.05) is 24.3 Å². The van der Waals surface area contributed by atoms with Crippen molar-refractivity contribution in [1.82, 2.24) is 4.90 Å². The van der Waals surface area contributed by atoms with Crippen molar-refractivity contribution >= 4 is 21.6 Å². The number of hydrogen-bond acceptors (Lipinski definition) is 6. The second-order valence-corrected chi connectivity index (χ2v) is 8.93. The number of methoxy groups -OCH3 is 1. The maximum atomic E-state index is 13.1. The largest absolute Gasteiger partial charge is 0.496 e. The van der Waals surface area contributed by atoms with Crippen LogP contribution in [0.15, 0.2) is 42.5 Å². The summed E-state index contributed by atoms with van der Waals surface area (Å²) in [7, 11) is -0.543. The molecule has 30 heavy (non-hydrogen) atoms. The topological polar surface area (TPSA) is 85.4 Å². The molecule has 0 fully saturated rings. The van der Waals surface area contributed by atoms with E-state index >= 15 is 0 Å². The molecule has 0 bridgehead atoms. The van der Waals surface area contributed by atoms with E-state index in [1.165, 1.54) is 4.90 Å². The summed E-state index contributed by atoms with van der Waals surface area (Å²) in [5, 5.41) is 0. The number of likely N-dealkylation sites (N-methyl/N-ethyl adjacent to an activating group) is 1. The lowest BCUT2D eigenvalue weighted by Crippen LogP contribution is -2.48. The molecule has 1 aliphatic heterocycles. The molecule has 1 aliphatic rings. The molecule has 2 aromatic carbocycles. The summed E-state index contributed by atoms with van der Waals surface area (Å²) in [5.41, 5.74) is 1.17. The van der Waals surface area contributed by atoms with Crippen LogP contribution in [0, 0.1) is 0 Å². The Morgan fingerprint density at radius 2 is 1.80 bits per heavy atom. The van der Waals surface area contributed by atoms with Gasteiger partial charge in [-0.2, -0.15) is 0 Å². The fourth-order valence-electron chi connectivity index (χ4n) is 3.46. The van der Waals surface area contributed by atoms with Gasteiger partial charge in [-0.25, -0.2) is 8.42 Å². The molecular formula is C21H26N2O6S. The van der Waals surface area contributed by atoms with Gasteiger partial charge in [0.2, 0.25) is 15.9 Å². The van der Waals surface area contributed by atoms with E-state index < -0.39 is 16.1 Å². The Hall–Kier alpha value is -2.94. The van der Waals surface area contributed by atoms with Crippen LogP contribution < -0.4 is 18.5 Å². The van der Waals surface area contributed by atoms with E-state index in [4.69, 9.17) is 14.2 Å². The van der Waals surface area contributed by atoms with Crippen LogP contribution in [-0.4, -0.2) is 58.9 Å². The van der Waals surface area contributed by atoms with Crippen LogP contribution in [0.4, 0.5) is 5.69 Å². The van der Waals surface area contributed by atoms with Gasteiger partial charge >= 0.3 is 0 Å². The van der Waals surface area contributed by atoms with Gasteiger partial charge in [0.25, 0.3) is 0 Å². The monoisotopic (exact) mass is 434 g/mol. The summed E-state index contributed by atoms with van der Waals surface area (Å²) in [6.07, 6.45) is 1.08. The normalized spacial score (nSPS) is 14.0. The summed E-state index contributed by atoms with van der Waals surface area (Å²) in [4.78, 5) is 14.6. The van der Waals surface area contributed by atoms with E-state index in [0.717, 1.165) is 16.1 Å². The molecule has 0 saturated heterocycles. The molecule has 8 nitrogen and oxygen atoms in total. The van der Waals surface area contributed by atoms with E-state index in [2.05, 4.69) is 0 Å². The number of fused-ring (bicyclic) bond motifs is 1. The summed E-state index contributed by atoms with van der Waals surface area (Å²) in [6, 6.07) is 11.3. The maximum Gasteiger partial charge on any atom is 0.246 e. The predicted molar refractivity (Wildman–Crippen MR) is 114 cm³/mol. The molecule has 0 spiro atoms. The lowest BCUT2D eigenvalue weighted by molar-refractivity contribution is -0.131. The Morgan fingerprint density at radius 1 is 1.13 bits per heavy atom. The van der Waals surface area contributed by atoms with Crippen LogP contribution in [0.5, 0.6) is 17.2 Å². The van der Waals surface area contributed by atoms with E-state index in [0.29, 0.717) is 36.1 Å². The lowest BCUT2D eigenvalue weighted by Gasteiger charge is -2.32. The number of nitrogens with zero attached hydrogens (tertiary/aromatic N) is 2. The maximum absolute atomic E-state index is 13.1. The Kier molecular flexibility index (Phi) is 6.40. The molecule has 1 atom stereocenters. The highest BCUT2D eigenvalue weighted by atomic mass is 32.2. The van der Waals surface area contributed by atoms with Gasteiger partial charge < -0.3 is 19.1 Å². The van der Waals surface area contributed by atoms with Crippen LogP contribution >= 0.6 is 0 Å². The van der Waals surface area contributed by atoms with Crippen LogP contribution in [-0.2, 0) is 21.4 Å². The van der Waals surface area contributed by atoms with Crippen LogP contribution in [0.2, 0.25) is 0 Å². The second-order valence-electron chi connectivity index (χ2n) is 7.07. The van der Waals surface area contributed by atoms with Gasteiger partial charge in [0.15, 0.2) is 11.5 Å². The van der Waals surface area contributed by atoms with Crippen molar-refractivity contribution in [2.75, 3.05) is 37.9 Å². The minimum Gasteiger partial charge on any atom is -0.496 e. The third-order valence-corrected chi connectivity index (χ3v) is 6.06. The highest BCUT2D eigenvalue weighted by Gasteiger charge is 2.32. The molecule has 1 heterocycles. The van der Waals surface area contributed by atoms with Gasteiger partial charge in [-0.05, 0) is 25.1 Å². The van der Waals surface area contributed by atoms with Gasteiger partial charge in [0.1, 0.15) is 25.0 Å². The van der Waals surface area contributed by atoms with Crippen molar-refractivity contribution in [2.24, 2.45) is 0 Å². The smallest absolute Gasteiger partial charge is 0.246 e. The van der Waals surface area contributed by atoms with Crippen molar-refractivity contribution in [1.29, 1.82) is 0 Å². The fourth-order valence-corrected chi connectivity index (χ4v) is 4.62. The minimum atomic E-state index is -3.74. The lowest BCUT2D eigenvalue weighted by atomic mass is 10.1. The first-order chi connectivity index (χ1) is 14.2. The molecule has 0 aromatic heterocycles. The molecule has 2 aromatic rings. The van der Waals surface area contributed by atoms with Gasteiger partial charge in [-0.3, -0.25) is 9.10 Å². The third kappa shape index (κ3) is 4.62. The Morgan fingerprint density at radius 3 is 2.47 bits per heavy atom. The molecular weight excluding hydrogens is 408 g/mol. The van der Waals surface area contributed by atoms with Crippen LogP contribution in [0.1, 0.15) is 12.5 Å². The number of rotatable bonds is 7. The quantitative estimate of drug-likeness (QED) is 0.665. The van der Waals surface area contributed by atoms with Crippen molar-refractivity contribution in [3.05, 3.63) is 48.0 Å². The number of hydrogen-bond donors (Lipinski definition) is 0. The molecule has 0 aliphatic carbocycles. The average molecular weight is 435 g/mol. The minimum absolute atomic E-state index is 0.284. The first-order valence-electron chi connectivity index (χ1n) is 9.48. The van der Waals surface area contributed by atoms with Crippen molar-refractivity contribution in [3.8, 4) is 17.2 Å². The molecule has 0 N–H and O–H groups in total. The first kappa shape index (κ1) is 21.8. The van der Waals surface area contributed by atoms with Gasteiger partial charge in [0, 0.05) is 25.2 Å². The van der Waals surface area contributed by atoms with Gasteiger partial charge in [-0.1, -0.05) is 18.2 Å². The number of anilines is 1. The zero-order valence-electron chi connectivity index (χ0n) is 17.5. The van der Waals surface area contributed by atoms with E-state index in [1.54, 1.807) is 39.3 Å². The average Bonchev–Trinajstić information content (AvgIpc) is 2.72. The fraction of sp³-hybridized carbons (Fsp3) is 0.381. The van der Waals surface area contributed by atoms with Gasteiger partial charge in [-0.15, -0.1) is 0 Å². The second kappa shape index (κ2) is 8.83. The molecule has 162 valence electrons. The summed E-state index contributed by atoms with van der Waals surface area (Å²) in [5.74, 6) is 1.32. The Balaban J connectivity index is 1.86. The summed E-state index contributed by atoms with van der Waals surface area (Å²) < 4.78 is 42.7. The van der Waals surface area contributed by atoms with E-state index in [-0.39, 0.29) is 12.5 Å². The number of carbonyl (C=O) groups excluding carboxylic acids is 1. The number of para-hydroxylation sites is 1. The standard InChI is InChI=1S/C21H26N2O6S/c1-15(21(24)22(2)14-16-7-5-6-8-18(16)27-3)23(30(4,25)26)17-9-10-19-20(13-17)29-12-11-28-19/h5-10,13,15H,11-12,14H2,1-4H3/t15-/m1/s1. The zero-order valence-corrected chi connectivity index (χ0v) is 18.3. The van der Waals surface area contributed by atoms with Crippen molar-refractivity contribution in [3.63, 3.8) is 0 Å². The Labute approximate surface area is 177 Å². The van der Waals surface area contributed by atoms with Crippen LogP contribution in [0.3, 0.4) is 0 Å². The molecule has 0 saturated carbocycles. The molecule has 0 radical (unpaired) electrons. The number of benzene rings is 2.